The highest BCUT2D eigenvalue weighted by Crippen LogP contribution is 2.16. The van der Waals surface area contributed by atoms with Crippen molar-refractivity contribution in [1.29, 1.82) is 0 Å². The molecule has 10 nitrogen and oxygen atoms in total. The fourth-order valence-corrected chi connectivity index (χ4v) is 2.51. The first-order valence-corrected chi connectivity index (χ1v) is 7.00. The van der Waals surface area contributed by atoms with Crippen molar-refractivity contribution in [3.8, 4) is 0 Å². The zero-order valence-electron chi connectivity index (χ0n) is 11.6. The monoisotopic (exact) mass is 333 g/mol. The van der Waals surface area contributed by atoms with Crippen molar-refractivity contribution < 1.29 is 19.9 Å². The Hall–Kier alpha value is -1.91. The van der Waals surface area contributed by atoms with Crippen molar-refractivity contribution in [1.82, 2.24) is 19.4 Å². The lowest BCUT2D eigenvalue weighted by atomic mass is 10.2. The van der Waals surface area contributed by atoms with Crippen LogP contribution in [-0.2, 0) is 6.54 Å². The van der Waals surface area contributed by atoms with Gasteiger partial charge >= 0.3 is 17.2 Å². The SMILES string of the molecule is O=C(O)N1CCN(C[C@H](O)Cn2cc([N+](=O)[O-])nc2Cl)CC1. The highest BCUT2D eigenvalue weighted by molar-refractivity contribution is 6.28. The fraction of sp³-hybridized carbons (Fsp3) is 0.636. The molecule has 2 rings (SSSR count). The van der Waals surface area contributed by atoms with E-state index in [1.165, 1.54) is 15.7 Å². The first-order chi connectivity index (χ1) is 10.4. The molecule has 0 aliphatic carbocycles. The molecule has 2 heterocycles. The molecule has 0 aromatic carbocycles. The number of β-amino-alcohol motifs (C(OH)–C–C–N with tert-alkyl or cyclic N) is 1. The fourth-order valence-electron chi connectivity index (χ4n) is 2.30. The van der Waals surface area contributed by atoms with Gasteiger partial charge in [-0.3, -0.25) is 9.47 Å². The number of hydrogen-bond acceptors (Lipinski definition) is 6. The van der Waals surface area contributed by atoms with Crippen LogP contribution in [0.15, 0.2) is 6.20 Å². The summed E-state index contributed by atoms with van der Waals surface area (Å²) in [6.45, 7) is 2.25. The first kappa shape index (κ1) is 16.5. The van der Waals surface area contributed by atoms with E-state index in [0.717, 1.165) is 0 Å². The van der Waals surface area contributed by atoms with Gasteiger partial charge < -0.3 is 25.2 Å². The smallest absolute Gasteiger partial charge is 0.407 e. The van der Waals surface area contributed by atoms with Gasteiger partial charge in [0.1, 0.15) is 6.20 Å². The topological polar surface area (TPSA) is 125 Å². The zero-order valence-corrected chi connectivity index (χ0v) is 12.4. The van der Waals surface area contributed by atoms with Gasteiger partial charge in [0, 0.05) is 32.7 Å². The molecule has 1 aromatic heterocycles. The zero-order chi connectivity index (χ0) is 16.3. The number of nitrogens with zero attached hydrogens (tertiary/aromatic N) is 5. The summed E-state index contributed by atoms with van der Waals surface area (Å²) < 4.78 is 1.32. The number of carboxylic acid groups (broad SMARTS) is 1. The Labute approximate surface area is 130 Å². The lowest BCUT2D eigenvalue weighted by molar-refractivity contribution is -0.389. The van der Waals surface area contributed by atoms with Crippen LogP contribution in [0.4, 0.5) is 10.6 Å². The van der Waals surface area contributed by atoms with Gasteiger partial charge in [-0.1, -0.05) is 0 Å². The molecule has 122 valence electrons. The van der Waals surface area contributed by atoms with Crippen LogP contribution in [0, 0.1) is 10.1 Å². The average Bonchev–Trinajstić information content (AvgIpc) is 2.81. The van der Waals surface area contributed by atoms with Crippen molar-refractivity contribution in [3.05, 3.63) is 21.6 Å². The number of nitro groups is 1. The lowest BCUT2D eigenvalue weighted by Crippen LogP contribution is -2.50. The second-order valence-corrected chi connectivity index (χ2v) is 5.34. The van der Waals surface area contributed by atoms with Crippen molar-refractivity contribution in [3.63, 3.8) is 0 Å². The van der Waals surface area contributed by atoms with E-state index < -0.39 is 17.1 Å². The highest BCUT2D eigenvalue weighted by Gasteiger charge is 2.23. The highest BCUT2D eigenvalue weighted by atomic mass is 35.5. The largest absolute Gasteiger partial charge is 0.465 e. The molecule has 1 aliphatic heterocycles. The second kappa shape index (κ2) is 6.90. The summed E-state index contributed by atoms with van der Waals surface area (Å²) in [7, 11) is 0. The molecule has 0 bridgehead atoms. The maximum atomic E-state index is 10.8. The van der Waals surface area contributed by atoms with Gasteiger partial charge in [0.25, 0.3) is 0 Å². The van der Waals surface area contributed by atoms with Gasteiger partial charge in [-0.2, -0.15) is 0 Å². The van der Waals surface area contributed by atoms with Gasteiger partial charge in [0.15, 0.2) is 0 Å². The van der Waals surface area contributed by atoms with Crippen LogP contribution >= 0.6 is 11.6 Å². The number of hydrogen-bond donors (Lipinski definition) is 2. The lowest BCUT2D eigenvalue weighted by Gasteiger charge is -2.34. The molecule has 0 unspecified atom stereocenters. The minimum absolute atomic E-state index is 0.0542. The number of aromatic nitrogens is 2. The standard InChI is InChI=1S/C11H16ClN5O5/c12-10-13-9(17(21)22)7-16(10)6-8(18)5-14-1-3-15(4-2-14)11(19)20/h7-8,18H,1-6H2,(H,19,20)/t8-/m0/s1. The molecule has 0 saturated carbocycles. The van der Waals surface area contributed by atoms with Crippen molar-refractivity contribution >= 4 is 23.5 Å². The molecular formula is C11H16ClN5O5. The summed E-state index contributed by atoms with van der Waals surface area (Å²) in [5, 5.41) is 29.5. The summed E-state index contributed by atoms with van der Waals surface area (Å²) in [5.74, 6) is -0.368. The number of halogens is 1. The molecule has 1 aromatic rings. The van der Waals surface area contributed by atoms with E-state index in [-0.39, 0.29) is 17.6 Å². The molecule has 11 heteroatoms. The summed E-state index contributed by atoms with van der Waals surface area (Å²) in [6.07, 6.45) is -0.561. The quantitative estimate of drug-likeness (QED) is 0.578. The molecule has 2 N–H and O–H groups in total. The molecule has 1 aliphatic rings. The maximum Gasteiger partial charge on any atom is 0.407 e. The van der Waals surface area contributed by atoms with Crippen LogP contribution < -0.4 is 0 Å². The van der Waals surface area contributed by atoms with E-state index in [0.29, 0.717) is 32.7 Å². The van der Waals surface area contributed by atoms with E-state index >= 15 is 0 Å². The van der Waals surface area contributed by atoms with Gasteiger partial charge in [0.2, 0.25) is 0 Å². The normalized spacial score (nSPS) is 17.5. The van der Waals surface area contributed by atoms with Gasteiger partial charge in [-0.15, -0.1) is 0 Å². The van der Waals surface area contributed by atoms with E-state index in [2.05, 4.69) is 4.98 Å². The molecule has 0 radical (unpaired) electrons. The Kier molecular flexibility index (Phi) is 5.16. The molecule has 1 saturated heterocycles. The molecule has 1 atom stereocenters. The number of amides is 1. The van der Waals surface area contributed by atoms with Crippen molar-refractivity contribution in [2.24, 2.45) is 0 Å². The van der Waals surface area contributed by atoms with Crippen LogP contribution in [-0.4, -0.2) is 79.4 Å². The Bertz CT molecular complexity index is 557. The van der Waals surface area contributed by atoms with Crippen LogP contribution in [0.1, 0.15) is 0 Å². The Morgan fingerprint density at radius 2 is 2.05 bits per heavy atom. The molecule has 1 amide bonds. The minimum Gasteiger partial charge on any atom is -0.465 e. The van der Waals surface area contributed by atoms with E-state index in [1.54, 1.807) is 0 Å². The molecule has 22 heavy (non-hydrogen) atoms. The number of carbonyl (C=O) groups is 1. The maximum absolute atomic E-state index is 10.8. The Balaban J connectivity index is 1.85. The molecule has 0 spiro atoms. The van der Waals surface area contributed by atoms with Crippen LogP contribution in [0.25, 0.3) is 0 Å². The van der Waals surface area contributed by atoms with Gasteiger partial charge in [-0.05, 0) is 21.5 Å². The number of aliphatic hydroxyl groups excluding tert-OH is 1. The molecular weight excluding hydrogens is 318 g/mol. The second-order valence-electron chi connectivity index (χ2n) is 5.00. The third-order valence-corrected chi connectivity index (χ3v) is 3.72. The van der Waals surface area contributed by atoms with Crippen molar-refractivity contribution in [2.75, 3.05) is 32.7 Å². The van der Waals surface area contributed by atoms with Crippen LogP contribution in [0.3, 0.4) is 0 Å². The Morgan fingerprint density at radius 1 is 1.41 bits per heavy atom. The summed E-state index contributed by atoms with van der Waals surface area (Å²) in [4.78, 5) is 27.6. The molecule has 1 fully saturated rings. The van der Waals surface area contributed by atoms with Crippen molar-refractivity contribution in [2.45, 2.75) is 12.6 Å². The van der Waals surface area contributed by atoms with Crippen LogP contribution in [0.2, 0.25) is 5.28 Å². The predicted molar refractivity (Wildman–Crippen MR) is 75.9 cm³/mol. The minimum atomic E-state index is -0.947. The van der Waals surface area contributed by atoms with Gasteiger partial charge in [0.05, 0.1) is 12.6 Å². The number of piperazine rings is 1. The average molecular weight is 334 g/mol. The van der Waals surface area contributed by atoms with E-state index in [1.807, 2.05) is 4.90 Å². The summed E-state index contributed by atoms with van der Waals surface area (Å²) >= 11 is 5.78. The number of aliphatic hydroxyl groups is 1. The Morgan fingerprint density at radius 3 is 2.55 bits per heavy atom. The van der Waals surface area contributed by atoms with Crippen LogP contribution in [0.5, 0.6) is 0 Å². The van der Waals surface area contributed by atoms with E-state index in [4.69, 9.17) is 16.7 Å². The van der Waals surface area contributed by atoms with Gasteiger partial charge in [-0.25, -0.2) is 4.79 Å². The number of rotatable bonds is 5. The summed E-state index contributed by atoms with van der Waals surface area (Å²) in [5.41, 5.74) is 0. The number of imidazole rings is 1. The third kappa shape index (κ3) is 4.06. The third-order valence-electron chi connectivity index (χ3n) is 3.42. The van der Waals surface area contributed by atoms with E-state index in [9.17, 15) is 20.0 Å². The predicted octanol–water partition coefficient (Wildman–Crippen LogP) is 0.101. The first-order valence-electron chi connectivity index (χ1n) is 6.62. The summed E-state index contributed by atoms with van der Waals surface area (Å²) in [6, 6.07) is 0.